The Balaban J connectivity index is 2.20. The summed E-state index contributed by atoms with van der Waals surface area (Å²) in [5.74, 6) is 0. The molecule has 1 fully saturated rings. The topological polar surface area (TPSA) is 64.0 Å². The van der Waals surface area contributed by atoms with Crippen molar-refractivity contribution in [2.45, 2.75) is 128 Å². The van der Waals surface area contributed by atoms with E-state index in [9.17, 15) is 8.42 Å². The zero-order valence-electron chi connectivity index (χ0n) is 18.6. The molecule has 0 bridgehead atoms. The molecule has 1 saturated carbocycles. The highest BCUT2D eigenvalue weighted by atomic mass is 32.2. The Morgan fingerprint density at radius 1 is 0.964 bits per heavy atom. The lowest BCUT2D eigenvalue weighted by Crippen LogP contribution is -2.36. The summed E-state index contributed by atoms with van der Waals surface area (Å²) in [6, 6.07) is 0.158. The van der Waals surface area contributed by atoms with Crippen LogP contribution in [0.15, 0.2) is 11.1 Å². The molecule has 162 valence electrons. The van der Waals surface area contributed by atoms with Crippen LogP contribution in [0.25, 0.3) is 0 Å². The number of hydrogen-bond donors (Lipinski definition) is 1. The molecule has 1 aromatic heterocycles. The number of nitrogens with zero attached hydrogens (tertiary/aromatic N) is 2. The first-order valence-corrected chi connectivity index (χ1v) is 12.7. The molecule has 0 saturated heterocycles. The third-order valence-electron chi connectivity index (χ3n) is 5.65. The molecule has 0 atom stereocenters. The predicted octanol–water partition coefficient (Wildman–Crippen LogP) is 5.71. The minimum atomic E-state index is -3.59. The van der Waals surface area contributed by atoms with Crippen LogP contribution in [0.2, 0.25) is 0 Å². The maximum atomic E-state index is 13.3. The van der Waals surface area contributed by atoms with Gasteiger partial charge in [-0.15, -0.1) is 0 Å². The van der Waals surface area contributed by atoms with E-state index in [0.717, 1.165) is 25.7 Å². The third-order valence-corrected chi connectivity index (χ3v) is 7.18. The molecule has 1 aliphatic rings. The van der Waals surface area contributed by atoms with E-state index in [2.05, 4.69) is 9.82 Å². The standard InChI is InChI=1S/C22H41N3O2S/c1-18(2)25-17-20(21(23-25)22(3,4)5)28(26,27)24-19-15-13-11-9-7-6-8-10-12-14-16-19/h17-19,24H,6-16H2,1-5H3. The van der Waals surface area contributed by atoms with Crippen LogP contribution >= 0.6 is 0 Å². The average molecular weight is 412 g/mol. The fourth-order valence-corrected chi connectivity index (χ4v) is 5.57. The van der Waals surface area contributed by atoms with Gasteiger partial charge in [0.1, 0.15) is 4.90 Å². The van der Waals surface area contributed by atoms with Crippen LogP contribution in [-0.2, 0) is 15.4 Å². The van der Waals surface area contributed by atoms with Crippen molar-refractivity contribution in [2.24, 2.45) is 0 Å². The summed E-state index contributed by atoms with van der Waals surface area (Å²) < 4.78 is 31.4. The van der Waals surface area contributed by atoms with Gasteiger partial charge in [0.05, 0.1) is 5.69 Å². The van der Waals surface area contributed by atoms with Gasteiger partial charge in [-0.1, -0.05) is 78.6 Å². The number of nitrogens with one attached hydrogen (secondary N) is 1. The van der Waals surface area contributed by atoms with Gasteiger partial charge in [0.25, 0.3) is 0 Å². The van der Waals surface area contributed by atoms with Gasteiger partial charge in [0.15, 0.2) is 0 Å². The van der Waals surface area contributed by atoms with Crippen molar-refractivity contribution in [1.82, 2.24) is 14.5 Å². The van der Waals surface area contributed by atoms with Crippen LogP contribution in [0.3, 0.4) is 0 Å². The molecule has 0 aliphatic heterocycles. The van der Waals surface area contributed by atoms with Crippen LogP contribution in [0.1, 0.15) is 117 Å². The normalized spacial score (nSPS) is 19.4. The lowest BCUT2D eigenvalue weighted by molar-refractivity contribution is 0.439. The molecule has 1 aromatic rings. The minimum Gasteiger partial charge on any atom is -0.269 e. The predicted molar refractivity (Wildman–Crippen MR) is 116 cm³/mol. The summed E-state index contributed by atoms with van der Waals surface area (Å²) in [5.41, 5.74) is 0.332. The van der Waals surface area contributed by atoms with Crippen molar-refractivity contribution in [2.75, 3.05) is 0 Å². The van der Waals surface area contributed by atoms with Gasteiger partial charge in [0, 0.05) is 23.7 Å². The van der Waals surface area contributed by atoms with Gasteiger partial charge in [0.2, 0.25) is 10.0 Å². The molecule has 28 heavy (non-hydrogen) atoms. The molecular weight excluding hydrogens is 370 g/mol. The van der Waals surface area contributed by atoms with Crippen molar-refractivity contribution in [3.8, 4) is 0 Å². The Morgan fingerprint density at radius 3 is 1.86 bits per heavy atom. The Hall–Kier alpha value is -0.880. The number of aromatic nitrogens is 2. The maximum absolute atomic E-state index is 13.3. The van der Waals surface area contributed by atoms with Crippen molar-refractivity contribution in [3.63, 3.8) is 0 Å². The fourth-order valence-electron chi connectivity index (χ4n) is 3.92. The van der Waals surface area contributed by atoms with E-state index >= 15 is 0 Å². The largest absolute Gasteiger partial charge is 0.269 e. The van der Waals surface area contributed by atoms with Crippen LogP contribution in [-0.4, -0.2) is 24.2 Å². The maximum Gasteiger partial charge on any atom is 0.244 e. The quantitative estimate of drug-likeness (QED) is 0.690. The molecule has 1 aliphatic carbocycles. The van der Waals surface area contributed by atoms with E-state index in [1.807, 2.05) is 34.6 Å². The van der Waals surface area contributed by atoms with Crippen molar-refractivity contribution < 1.29 is 8.42 Å². The van der Waals surface area contributed by atoms with Crippen LogP contribution < -0.4 is 4.72 Å². The molecule has 0 aromatic carbocycles. The van der Waals surface area contributed by atoms with E-state index in [-0.39, 0.29) is 17.5 Å². The molecule has 0 spiro atoms. The molecule has 0 unspecified atom stereocenters. The smallest absolute Gasteiger partial charge is 0.244 e. The molecule has 5 nitrogen and oxygen atoms in total. The first kappa shape index (κ1) is 23.4. The summed E-state index contributed by atoms with van der Waals surface area (Å²) in [7, 11) is -3.59. The summed E-state index contributed by atoms with van der Waals surface area (Å²) >= 11 is 0. The van der Waals surface area contributed by atoms with E-state index < -0.39 is 10.0 Å². The second-order valence-corrected chi connectivity index (χ2v) is 11.4. The summed E-state index contributed by atoms with van der Waals surface area (Å²) in [6.45, 7) is 10.1. The Kier molecular flexibility index (Phi) is 8.56. The van der Waals surface area contributed by atoms with E-state index in [0.29, 0.717) is 10.6 Å². The monoisotopic (exact) mass is 411 g/mol. The minimum absolute atomic E-state index is 0.0274. The van der Waals surface area contributed by atoms with Gasteiger partial charge in [-0.3, -0.25) is 4.68 Å². The third kappa shape index (κ3) is 6.87. The van der Waals surface area contributed by atoms with Gasteiger partial charge < -0.3 is 0 Å². The Morgan fingerprint density at radius 2 is 1.43 bits per heavy atom. The Bertz CT molecular complexity index is 690. The summed E-state index contributed by atoms with van der Waals surface area (Å²) in [4.78, 5) is 0.347. The van der Waals surface area contributed by atoms with Gasteiger partial charge in [-0.25, -0.2) is 13.1 Å². The zero-order chi connectivity index (χ0) is 20.8. The van der Waals surface area contributed by atoms with Crippen LogP contribution in [0, 0.1) is 0 Å². The zero-order valence-corrected chi connectivity index (χ0v) is 19.4. The SMILES string of the molecule is CC(C)n1cc(S(=O)(=O)NC2CCCCCCCCCCC2)c(C(C)(C)C)n1. The van der Waals surface area contributed by atoms with E-state index in [4.69, 9.17) is 0 Å². The molecule has 0 radical (unpaired) electrons. The van der Waals surface area contributed by atoms with Gasteiger partial charge in [-0.05, 0) is 26.7 Å². The molecule has 0 amide bonds. The second kappa shape index (κ2) is 10.2. The van der Waals surface area contributed by atoms with Crippen LogP contribution in [0.4, 0.5) is 0 Å². The lowest BCUT2D eigenvalue weighted by Gasteiger charge is -2.21. The lowest BCUT2D eigenvalue weighted by atomic mass is 9.92. The molecular formula is C22H41N3O2S. The van der Waals surface area contributed by atoms with Gasteiger partial charge >= 0.3 is 0 Å². The van der Waals surface area contributed by atoms with E-state index in [1.165, 1.54) is 44.9 Å². The highest BCUT2D eigenvalue weighted by Crippen LogP contribution is 2.29. The van der Waals surface area contributed by atoms with Crippen molar-refractivity contribution in [3.05, 3.63) is 11.9 Å². The van der Waals surface area contributed by atoms with Gasteiger partial charge in [-0.2, -0.15) is 5.10 Å². The molecule has 2 rings (SSSR count). The molecule has 1 heterocycles. The average Bonchev–Trinajstić information content (AvgIpc) is 3.04. The van der Waals surface area contributed by atoms with E-state index in [1.54, 1.807) is 10.9 Å². The second-order valence-electron chi connectivity index (χ2n) is 9.74. The number of hydrogen-bond acceptors (Lipinski definition) is 3. The molecule has 6 heteroatoms. The summed E-state index contributed by atoms with van der Waals surface area (Å²) in [5, 5.41) is 4.62. The summed E-state index contributed by atoms with van der Waals surface area (Å²) in [6.07, 6.45) is 14.7. The number of rotatable bonds is 4. The first-order valence-electron chi connectivity index (χ1n) is 11.2. The number of sulfonamides is 1. The highest BCUT2D eigenvalue weighted by Gasteiger charge is 2.31. The van der Waals surface area contributed by atoms with Crippen LogP contribution in [0.5, 0.6) is 0 Å². The Labute approximate surface area is 172 Å². The highest BCUT2D eigenvalue weighted by molar-refractivity contribution is 7.89. The first-order chi connectivity index (χ1) is 13.1. The van der Waals surface area contributed by atoms with Crippen molar-refractivity contribution in [1.29, 1.82) is 0 Å². The molecule has 1 N–H and O–H groups in total. The fraction of sp³-hybridized carbons (Fsp3) is 0.864. The van der Waals surface area contributed by atoms with Crippen molar-refractivity contribution >= 4 is 10.0 Å².